The summed E-state index contributed by atoms with van der Waals surface area (Å²) < 4.78 is 25.7. The molecule has 0 spiro atoms. The Morgan fingerprint density at radius 1 is 1.03 bits per heavy atom. The molecule has 5 rings (SSSR count). The van der Waals surface area contributed by atoms with Gasteiger partial charge in [0.15, 0.2) is 15.5 Å². The molecule has 3 aromatic heterocycles. The van der Waals surface area contributed by atoms with E-state index < -0.39 is 9.84 Å². The number of rotatable bonds is 5. The van der Waals surface area contributed by atoms with Gasteiger partial charge < -0.3 is 10.2 Å². The number of nitrogens with zero attached hydrogens (tertiary/aromatic N) is 5. The number of hydrogen-bond donors (Lipinski definition) is 1. The Morgan fingerprint density at radius 3 is 2.55 bits per heavy atom. The predicted octanol–water partition coefficient (Wildman–Crippen LogP) is 3.75. The zero-order valence-electron chi connectivity index (χ0n) is 18.6. The molecule has 170 valence electrons. The van der Waals surface area contributed by atoms with E-state index in [4.69, 9.17) is 0 Å². The normalized spacial score (nSPS) is 15.7. The van der Waals surface area contributed by atoms with Gasteiger partial charge in [-0.2, -0.15) is 4.98 Å². The molecular formula is C24H26N6O2S. The molecule has 1 saturated heterocycles. The van der Waals surface area contributed by atoms with Crippen LogP contribution in [0.4, 0.5) is 11.6 Å². The van der Waals surface area contributed by atoms with Crippen LogP contribution < -0.4 is 5.32 Å². The lowest BCUT2D eigenvalue weighted by atomic mass is 9.93. The number of benzene rings is 1. The second-order valence-electron chi connectivity index (χ2n) is 8.59. The van der Waals surface area contributed by atoms with E-state index >= 15 is 0 Å². The minimum absolute atomic E-state index is 0.270. The maximum absolute atomic E-state index is 12.0. The first kappa shape index (κ1) is 21.5. The molecule has 0 bridgehead atoms. The number of aromatic nitrogens is 4. The Hall–Kier alpha value is -3.30. The van der Waals surface area contributed by atoms with E-state index in [2.05, 4.69) is 38.4 Å². The lowest BCUT2D eigenvalue weighted by Gasteiger charge is -2.28. The van der Waals surface area contributed by atoms with Crippen molar-refractivity contribution in [2.24, 2.45) is 0 Å². The van der Waals surface area contributed by atoms with E-state index in [9.17, 15) is 8.42 Å². The van der Waals surface area contributed by atoms with Crippen molar-refractivity contribution in [1.29, 1.82) is 0 Å². The van der Waals surface area contributed by atoms with Crippen LogP contribution >= 0.6 is 0 Å². The SMILES string of the molecule is CN1CCC(c2ccc(Nc3nc4cccc(-c5cccc(S(C)(=O)=O)c5)n4n3)cn2)CC1. The van der Waals surface area contributed by atoms with Crippen molar-refractivity contribution < 1.29 is 8.42 Å². The minimum Gasteiger partial charge on any atom is -0.321 e. The van der Waals surface area contributed by atoms with Crippen LogP contribution in [0.3, 0.4) is 0 Å². The van der Waals surface area contributed by atoms with Crippen molar-refractivity contribution in [2.75, 3.05) is 31.7 Å². The van der Waals surface area contributed by atoms with Gasteiger partial charge in [0.25, 0.3) is 0 Å². The highest BCUT2D eigenvalue weighted by molar-refractivity contribution is 7.90. The number of hydrogen-bond acceptors (Lipinski definition) is 7. The van der Waals surface area contributed by atoms with Gasteiger partial charge in [-0.05, 0) is 69.4 Å². The van der Waals surface area contributed by atoms with Gasteiger partial charge in [0, 0.05) is 23.4 Å². The molecule has 0 unspecified atom stereocenters. The first-order valence-corrected chi connectivity index (χ1v) is 12.8. The molecule has 9 heteroatoms. The van der Waals surface area contributed by atoms with Gasteiger partial charge in [-0.25, -0.2) is 12.9 Å². The molecule has 1 aliphatic heterocycles. The first-order valence-electron chi connectivity index (χ1n) is 10.9. The third-order valence-corrected chi connectivity index (χ3v) is 7.21. The van der Waals surface area contributed by atoms with Crippen molar-refractivity contribution in [2.45, 2.75) is 23.7 Å². The van der Waals surface area contributed by atoms with Gasteiger partial charge in [0.1, 0.15) is 0 Å². The molecule has 33 heavy (non-hydrogen) atoms. The van der Waals surface area contributed by atoms with Crippen molar-refractivity contribution in [3.63, 3.8) is 0 Å². The standard InChI is InChI=1S/C24H26N6O2S/c1-29-13-11-17(12-14-29)21-10-9-19(16-25-21)26-24-27-23-8-4-7-22(30(23)28-24)18-5-3-6-20(15-18)33(2,31)32/h3-10,15-17H,11-14H2,1-2H3,(H,26,28). The highest BCUT2D eigenvalue weighted by Crippen LogP contribution is 2.27. The topological polar surface area (TPSA) is 92.5 Å². The van der Waals surface area contributed by atoms with E-state index in [1.807, 2.05) is 36.5 Å². The molecule has 8 nitrogen and oxygen atoms in total. The molecule has 4 aromatic rings. The smallest absolute Gasteiger partial charge is 0.247 e. The zero-order chi connectivity index (χ0) is 23.0. The van der Waals surface area contributed by atoms with Crippen LogP contribution in [0.25, 0.3) is 16.9 Å². The monoisotopic (exact) mass is 462 g/mol. The van der Waals surface area contributed by atoms with Crippen LogP contribution in [0.1, 0.15) is 24.5 Å². The van der Waals surface area contributed by atoms with Crippen molar-refractivity contribution in [1.82, 2.24) is 24.5 Å². The van der Waals surface area contributed by atoms with Gasteiger partial charge in [-0.3, -0.25) is 4.98 Å². The molecule has 1 aliphatic rings. The molecule has 4 heterocycles. The van der Waals surface area contributed by atoms with E-state index in [-0.39, 0.29) is 4.90 Å². The second kappa shape index (κ2) is 8.57. The van der Waals surface area contributed by atoms with Crippen molar-refractivity contribution >= 4 is 27.1 Å². The maximum atomic E-state index is 12.0. The number of pyridine rings is 2. The molecule has 0 saturated carbocycles. The molecule has 0 atom stereocenters. The summed E-state index contributed by atoms with van der Waals surface area (Å²) in [7, 11) is -1.14. The van der Waals surface area contributed by atoms with Gasteiger partial charge in [0.05, 0.1) is 22.5 Å². The van der Waals surface area contributed by atoms with Crippen molar-refractivity contribution in [3.05, 3.63) is 66.5 Å². The summed E-state index contributed by atoms with van der Waals surface area (Å²) in [4.78, 5) is 11.9. The predicted molar refractivity (Wildman–Crippen MR) is 129 cm³/mol. The first-order chi connectivity index (χ1) is 15.9. The van der Waals surface area contributed by atoms with Crippen LogP contribution in [0, 0.1) is 0 Å². The third kappa shape index (κ3) is 4.60. The third-order valence-electron chi connectivity index (χ3n) is 6.10. The largest absolute Gasteiger partial charge is 0.321 e. The highest BCUT2D eigenvalue weighted by Gasteiger charge is 2.19. The molecule has 0 radical (unpaired) electrons. The summed E-state index contributed by atoms with van der Waals surface area (Å²) >= 11 is 0. The van der Waals surface area contributed by atoms with E-state index in [1.165, 1.54) is 6.26 Å². The maximum Gasteiger partial charge on any atom is 0.247 e. The summed E-state index contributed by atoms with van der Waals surface area (Å²) in [6.07, 6.45) is 5.30. The van der Waals surface area contributed by atoms with Crippen LogP contribution in [-0.4, -0.2) is 59.3 Å². The van der Waals surface area contributed by atoms with Crippen LogP contribution in [0.15, 0.2) is 65.7 Å². The number of fused-ring (bicyclic) bond motifs is 1. The molecule has 1 fully saturated rings. The molecular weight excluding hydrogens is 436 g/mol. The highest BCUT2D eigenvalue weighted by atomic mass is 32.2. The fourth-order valence-corrected chi connectivity index (χ4v) is 4.88. The number of anilines is 2. The summed E-state index contributed by atoms with van der Waals surface area (Å²) in [5.41, 5.74) is 4.13. The minimum atomic E-state index is -3.30. The Bertz CT molecular complexity index is 1390. The summed E-state index contributed by atoms with van der Waals surface area (Å²) in [6, 6.07) is 16.6. The Labute approximate surface area is 193 Å². The molecule has 0 amide bonds. The quantitative estimate of drug-likeness (QED) is 0.483. The lowest BCUT2D eigenvalue weighted by Crippen LogP contribution is -2.29. The van der Waals surface area contributed by atoms with Gasteiger partial charge in [-0.15, -0.1) is 5.10 Å². The number of piperidine rings is 1. The van der Waals surface area contributed by atoms with E-state index in [1.54, 1.807) is 22.7 Å². The molecule has 0 aliphatic carbocycles. The second-order valence-corrected chi connectivity index (χ2v) is 10.6. The number of sulfone groups is 1. The van der Waals surface area contributed by atoms with Gasteiger partial charge >= 0.3 is 0 Å². The van der Waals surface area contributed by atoms with Crippen LogP contribution in [-0.2, 0) is 9.84 Å². The summed E-state index contributed by atoms with van der Waals surface area (Å²) in [5.74, 6) is 0.962. The Morgan fingerprint density at radius 2 is 1.82 bits per heavy atom. The van der Waals surface area contributed by atoms with E-state index in [0.717, 1.165) is 48.6 Å². The average Bonchev–Trinajstić information content (AvgIpc) is 3.22. The summed E-state index contributed by atoms with van der Waals surface area (Å²) in [5, 5.41) is 7.84. The fraction of sp³-hybridized carbons (Fsp3) is 0.292. The fourth-order valence-electron chi connectivity index (χ4n) is 4.22. The zero-order valence-corrected chi connectivity index (χ0v) is 19.5. The van der Waals surface area contributed by atoms with Crippen LogP contribution in [0.2, 0.25) is 0 Å². The van der Waals surface area contributed by atoms with Gasteiger partial charge in [0.2, 0.25) is 5.95 Å². The average molecular weight is 463 g/mol. The number of nitrogens with one attached hydrogen (secondary N) is 1. The van der Waals surface area contributed by atoms with Crippen molar-refractivity contribution in [3.8, 4) is 11.3 Å². The Kier molecular flexibility index (Phi) is 5.59. The van der Waals surface area contributed by atoms with Gasteiger partial charge in [-0.1, -0.05) is 18.2 Å². The lowest BCUT2D eigenvalue weighted by molar-refractivity contribution is 0.253. The summed E-state index contributed by atoms with van der Waals surface area (Å²) in [6.45, 7) is 2.21. The number of likely N-dealkylation sites (tertiary alicyclic amines) is 1. The molecule has 1 N–H and O–H groups in total. The molecule has 1 aromatic carbocycles. The van der Waals surface area contributed by atoms with E-state index in [0.29, 0.717) is 17.5 Å². The Balaban J connectivity index is 1.40. The van der Waals surface area contributed by atoms with Crippen LogP contribution in [0.5, 0.6) is 0 Å².